The Balaban J connectivity index is 1.72. The number of likely N-dealkylation sites (N-methyl/N-ethyl adjacent to an activating group) is 1. The Morgan fingerprint density at radius 3 is 2.35 bits per heavy atom. The van der Waals surface area contributed by atoms with Crippen LogP contribution in [0.1, 0.15) is 37.7 Å². The third-order valence-electron chi connectivity index (χ3n) is 6.31. The van der Waals surface area contributed by atoms with E-state index in [4.69, 9.17) is 16.9 Å². The molecule has 0 bridgehead atoms. The van der Waals surface area contributed by atoms with E-state index in [-0.39, 0.29) is 36.1 Å². The Morgan fingerprint density at radius 2 is 1.81 bits per heavy atom. The van der Waals surface area contributed by atoms with Crippen LogP contribution in [0.25, 0.3) is 0 Å². The number of hydrogen-bond acceptors (Lipinski definition) is 4. The monoisotopic (exact) mass is 446 g/mol. The molecule has 3 rings (SSSR count). The number of amides is 3. The highest BCUT2D eigenvalue weighted by molar-refractivity contribution is 6.30. The maximum absolute atomic E-state index is 13.2. The first kappa shape index (κ1) is 22.9. The molecule has 2 aliphatic heterocycles. The maximum atomic E-state index is 13.2. The lowest BCUT2D eigenvalue weighted by Gasteiger charge is -2.33. The van der Waals surface area contributed by atoms with Crippen LogP contribution >= 0.6 is 11.6 Å². The average molecular weight is 447 g/mol. The van der Waals surface area contributed by atoms with Crippen LogP contribution in [-0.4, -0.2) is 76.5 Å². The van der Waals surface area contributed by atoms with Gasteiger partial charge in [-0.2, -0.15) is 5.26 Å². The van der Waals surface area contributed by atoms with E-state index in [9.17, 15) is 19.5 Å². The van der Waals surface area contributed by atoms with Gasteiger partial charge in [-0.1, -0.05) is 23.7 Å². The van der Waals surface area contributed by atoms with Crippen molar-refractivity contribution in [1.29, 1.82) is 5.26 Å². The molecule has 2 saturated heterocycles. The molecule has 0 aliphatic carbocycles. The molecule has 2 aliphatic rings. The van der Waals surface area contributed by atoms with Gasteiger partial charge in [-0.05, 0) is 37.5 Å². The highest BCUT2D eigenvalue weighted by atomic mass is 35.5. The molecule has 2 atom stereocenters. The molecule has 166 valence electrons. The lowest BCUT2D eigenvalue weighted by atomic mass is 9.93. The van der Waals surface area contributed by atoms with Crippen LogP contribution in [0.5, 0.6) is 0 Å². The zero-order valence-corrected chi connectivity index (χ0v) is 18.3. The summed E-state index contributed by atoms with van der Waals surface area (Å²) in [5.41, 5.74) is 0.960. The molecular formula is C22H27ClN4O4. The third-order valence-corrected chi connectivity index (χ3v) is 6.56. The van der Waals surface area contributed by atoms with Crippen molar-refractivity contribution in [3.05, 3.63) is 34.9 Å². The zero-order chi connectivity index (χ0) is 22.5. The number of nitriles is 1. The standard InChI is InChI=1S/C22H27ClN4O4/c1-2-27(22(30)31)19-14-26(13-18(19)15-3-5-17(23)6-4-15)21(29)16-8-11-25(12-9-16)20(28)7-10-24/h3-6,16,18-19H,2,7-9,11-14H2,1H3,(H,30,31)/t18-,19+/m0/s1. The Morgan fingerprint density at radius 1 is 1.16 bits per heavy atom. The van der Waals surface area contributed by atoms with Crippen molar-refractivity contribution < 1.29 is 19.5 Å². The molecule has 1 N–H and O–H groups in total. The SMILES string of the molecule is CCN(C(=O)O)[C@@H]1CN(C(=O)C2CCN(C(=O)CC#N)CC2)C[C@H]1c1ccc(Cl)cc1. The fourth-order valence-electron chi connectivity index (χ4n) is 4.65. The lowest BCUT2D eigenvalue weighted by molar-refractivity contribution is -0.139. The van der Waals surface area contributed by atoms with E-state index in [0.29, 0.717) is 50.6 Å². The summed E-state index contributed by atoms with van der Waals surface area (Å²) in [5.74, 6) is -0.516. The molecule has 2 heterocycles. The van der Waals surface area contributed by atoms with Gasteiger partial charge in [-0.25, -0.2) is 4.79 Å². The van der Waals surface area contributed by atoms with E-state index in [2.05, 4.69) is 0 Å². The number of halogens is 1. The molecule has 0 unspecified atom stereocenters. The van der Waals surface area contributed by atoms with E-state index in [0.717, 1.165) is 5.56 Å². The number of carbonyl (C=O) groups is 3. The first-order valence-corrected chi connectivity index (χ1v) is 10.9. The van der Waals surface area contributed by atoms with Crippen LogP contribution in [0.15, 0.2) is 24.3 Å². The Labute approximate surface area is 187 Å². The van der Waals surface area contributed by atoms with E-state index in [1.165, 1.54) is 4.90 Å². The van der Waals surface area contributed by atoms with Gasteiger partial charge in [0.1, 0.15) is 6.42 Å². The van der Waals surface area contributed by atoms with Crippen molar-refractivity contribution in [3.8, 4) is 6.07 Å². The molecule has 3 amide bonds. The number of nitrogens with zero attached hydrogens (tertiary/aromatic N) is 4. The Hall–Kier alpha value is -2.79. The summed E-state index contributed by atoms with van der Waals surface area (Å²) in [6, 6.07) is 8.89. The highest BCUT2D eigenvalue weighted by Crippen LogP contribution is 2.34. The Kier molecular flexibility index (Phi) is 7.39. The summed E-state index contributed by atoms with van der Waals surface area (Å²) < 4.78 is 0. The lowest BCUT2D eigenvalue weighted by Crippen LogP contribution is -2.46. The Bertz CT molecular complexity index is 861. The predicted octanol–water partition coefficient (Wildman–Crippen LogP) is 2.79. The number of piperidine rings is 1. The van der Waals surface area contributed by atoms with Crippen molar-refractivity contribution in [2.24, 2.45) is 5.92 Å². The second kappa shape index (κ2) is 10.0. The molecule has 0 aromatic heterocycles. The van der Waals surface area contributed by atoms with Crippen LogP contribution < -0.4 is 0 Å². The zero-order valence-electron chi connectivity index (χ0n) is 17.5. The fraction of sp³-hybridized carbons (Fsp3) is 0.545. The van der Waals surface area contributed by atoms with E-state index in [1.807, 2.05) is 18.2 Å². The molecule has 31 heavy (non-hydrogen) atoms. The molecular weight excluding hydrogens is 420 g/mol. The molecule has 8 nitrogen and oxygen atoms in total. The summed E-state index contributed by atoms with van der Waals surface area (Å²) in [6.45, 7) is 3.86. The van der Waals surface area contributed by atoms with Crippen molar-refractivity contribution in [3.63, 3.8) is 0 Å². The molecule has 2 fully saturated rings. The van der Waals surface area contributed by atoms with E-state index >= 15 is 0 Å². The smallest absolute Gasteiger partial charge is 0.407 e. The van der Waals surface area contributed by atoms with Gasteiger partial charge in [0, 0.05) is 49.6 Å². The fourth-order valence-corrected chi connectivity index (χ4v) is 4.77. The van der Waals surface area contributed by atoms with Crippen LogP contribution in [-0.2, 0) is 9.59 Å². The summed E-state index contributed by atoms with van der Waals surface area (Å²) in [7, 11) is 0. The normalized spacial score (nSPS) is 21.6. The molecule has 0 radical (unpaired) electrons. The van der Waals surface area contributed by atoms with Crippen LogP contribution in [0.4, 0.5) is 4.79 Å². The van der Waals surface area contributed by atoms with Crippen molar-refractivity contribution >= 4 is 29.5 Å². The predicted molar refractivity (Wildman–Crippen MR) is 114 cm³/mol. The number of carboxylic acid groups (broad SMARTS) is 1. The van der Waals surface area contributed by atoms with Gasteiger partial charge in [-0.15, -0.1) is 0 Å². The quantitative estimate of drug-likeness (QED) is 0.748. The highest BCUT2D eigenvalue weighted by Gasteiger charge is 2.42. The topological polar surface area (TPSA) is 105 Å². The molecule has 0 spiro atoms. The number of benzene rings is 1. The van der Waals surface area contributed by atoms with Gasteiger partial charge < -0.3 is 19.8 Å². The van der Waals surface area contributed by atoms with Crippen LogP contribution in [0.2, 0.25) is 5.02 Å². The van der Waals surface area contributed by atoms with Gasteiger partial charge in [0.2, 0.25) is 11.8 Å². The van der Waals surface area contributed by atoms with E-state index < -0.39 is 6.09 Å². The number of likely N-dealkylation sites (tertiary alicyclic amines) is 2. The average Bonchev–Trinajstić information content (AvgIpc) is 3.19. The second-order valence-electron chi connectivity index (χ2n) is 8.03. The first-order valence-electron chi connectivity index (χ1n) is 10.5. The number of rotatable bonds is 5. The van der Waals surface area contributed by atoms with Crippen molar-refractivity contribution in [1.82, 2.24) is 14.7 Å². The number of hydrogen-bond donors (Lipinski definition) is 1. The maximum Gasteiger partial charge on any atom is 0.407 e. The van der Waals surface area contributed by atoms with Gasteiger partial charge in [0.05, 0.1) is 12.1 Å². The summed E-state index contributed by atoms with van der Waals surface area (Å²) in [6.07, 6.45) is -0.0274. The molecule has 0 saturated carbocycles. The van der Waals surface area contributed by atoms with Gasteiger partial charge in [-0.3, -0.25) is 9.59 Å². The molecule has 1 aromatic rings. The van der Waals surface area contributed by atoms with Crippen LogP contribution in [0, 0.1) is 17.2 Å². The number of carbonyl (C=O) groups excluding carboxylic acids is 2. The van der Waals surface area contributed by atoms with Gasteiger partial charge in [0.25, 0.3) is 0 Å². The van der Waals surface area contributed by atoms with Crippen molar-refractivity contribution in [2.45, 2.75) is 38.1 Å². The summed E-state index contributed by atoms with van der Waals surface area (Å²) >= 11 is 6.01. The van der Waals surface area contributed by atoms with Gasteiger partial charge >= 0.3 is 6.09 Å². The largest absolute Gasteiger partial charge is 0.465 e. The minimum atomic E-state index is -0.995. The summed E-state index contributed by atoms with van der Waals surface area (Å²) in [4.78, 5) is 41.8. The first-order chi connectivity index (χ1) is 14.8. The molecule has 1 aromatic carbocycles. The van der Waals surface area contributed by atoms with E-state index in [1.54, 1.807) is 28.9 Å². The van der Waals surface area contributed by atoms with Gasteiger partial charge in [0.15, 0.2) is 0 Å². The minimum absolute atomic E-state index is 0.00953. The molecule has 9 heteroatoms. The summed E-state index contributed by atoms with van der Waals surface area (Å²) in [5, 5.41) is 19.0. The minimum Gasteiger partial charge on any atom is -0.465 e. The van der Waals surface area contributed by atoms with Crippen LogP contribution in [0.3, 0.4) is 0 Å². The second-order valence-corrected chi connectivity index (χ2v) is 8.46. The third kappa shape index (κ3) is 5.10. The van der Waals surface area contributed by atoms with Crippen molar-refractivity contribution in [2.75, 3.05) is 32.7 Å².